The van der Waals surface area contributed by atoms with Crippen molar-refractivity contribution in [3.8, 4) is 0 Å². The van der Waals surface area contributed by atoms with Gasteiger partial charge in [0.05, 0.1) is 17.7 Å². The Morgan fingerprint density at radius 1 is 1.50 bits per heavy atom. The Labute approximate surface area is 132 Å². The first-order valence-corrected chi connectivity index (χ1v) is 7.71. The first-order valence-electron chi connectivity index (χ1n) is 6.53. The summed E-state index contributed by atoms with van der Waals surface area (Å²) in [6.45, 7) is 2.10. The number of benzene rings is 1. The molecule has 1 aromatic carbocycles. The molecule has 20 heavy (non-hydrogen) atoms. The maximum absolute atomic E-state index is 12.6. The summed E-state index contributed by atoms with van der Waals surface area (Å²) in [4.78, 5) is 12.6. The zero-order valence-electron chi connectivity index (χ0n) is 11.3. The highest BCUT2D eigenvalue weighted by atomic mass is 79.9. The number of carbonyl (C=O) groups is 1. The van der Waals surface area contributed by atoms with Gasteiger partial charge in [0, 0.05) is 16.6 Å². The number of nitrogens with one attached hydrogen (secondary N) is 2. The molecule has 0 spiro atoms. The van der Waals surface area contributed by atoms with Crippen LogP contribution in [0.4, 0.5) is 5.69 Å². The molecule has 0 bridgehead atoms. The first kappa shape index (κ1) is 15.8. The van der Waals surface area contributed by atoms with Crippen molar-refractivity contribution in [2.24, 2.45) is 5.41 Å². The molecule has 6 heteroatoms. The van der Waals surface area contributed by atoms with Crippen molar-refractivity contribution < 1.29 is 9.53 Å². The summed E-state index contributed by atoms with van der Waals surface area (Å²) < 4.78 is 6.05. The second-order valence-corrected chi connectivity index (χ2v) is 6.33. The van der Waals surface area contributed by atoms with Gasteiger partial charge in [0.2, 0.25) is 5.91 Å². The lowest BCUT2D eigenvalue weighted by molar-refractivity contribution is -0.130. The van der Waals surface area contributed by atoms with Crippen LogP contribution in [-0.4, -0.2) is 32.7 Å². The Hall–Kier alpha value is -0.620. The normalized spacial score (nSPS) is 17.8. The molecule has 0 radical (unpaired) electrons. The van der Waals surface area contributed by atoms with E-state index in [2.05, 4.69) is 26.6 Å². The Bertz CT molecular complexity index is 485. The minimum absolute atomic E-state index is 0.00359. The fraction of sp³-hybridized carbons (Fsp3) is 0.500. The van der Waals surface area contributed by atoms with Crippen molar-refractivity contribution in [3.05, 3.63) is 27.7 Å². The monoisotopic (exact) mass is 360 g/mol. The maximum atomic E-state index is 12.6. The highest BCUT2D eigenvalue weighted by Gasteiger charge is 2.39. The van der Waals surface area contributed by atoms with Gasteiger partial charge in [-0.25, -0.2) is 0 Å². The maximum Gasteiger partial charge on any atom is 0.233 e. The van der Waals surface area contributed by atoms with E-state index in [1.807, 2.05) is 0 Å². The van der Waals surface area contributed by atoms with Gasteiger partial charge in [-0.2, -0.15) is 0 Å². The summed E-state index contributed by atoms with van der Waals surface area (Å²) in [6, 6.07) is 5.32. The van der Waals surface area contributed by atoms with Crippen LogP contribution in [0.25, 0.3) is 0 Å². The van der Waals surface area contributed by atoms with Crippen molar-refractivity contribution >= 4 is 39.1 Å². The largest absolute Gasteiger partial charge is 0.384 e. The second-order valence-electron chi connectivity index (χ2n) is 5.04. The van der Waals surface area contributed by atoms with Crippen LogP contribution in [0.1, 0.15) is 12.8 Å². The standard InChI is InChI=1S/C14H18BrClN2O2/c1-20-9-14(4-6-17-7-5-14)13(19)18-12-3-2-10(16)8-11(12)15/h2-3,8,17H,4-7,9H2,1H3,(H,18,19). The number of hydrogen-bond acceptors (Lipinski definition) is 3. The molecule has 4 nitrogen and oxygen atoms in total. The van der Waals surface area contributed by atoms with Crippen LogP contribution >= 0.6 is 27.5 Å². The number of hydrogen-bond donors (Lipinski definition) is 2. The van der Waals surface area contributed by atoms with E-state index in [1.54, 1.807) is 25.3 Å². The number of piperidine rings is 1. The van der Waals surface area contributed by atoms with E-state index >= 15 is 0 Å². The van der Waals surface area contributed by atoms with Crippen molar-refractivity contribution in [2.45, 2.75) is 12.8 Å². The molecule has 2 rings (SSSR count). The first-order chi connectivity index (χ1) is 9.57. The Morgan fingerprint density at radius 3 is 2.80 bits per heavy atom. The van der Waals surface area contributed by atoms with E-state index in [0.29, 0.717) is 11.6 Å². The predicted octanol–water partition coefficient (Wildman–Crippen LogP) is 3.06. The summed E-state index contributed by atoms with van der Waals surface area (Å²) in [7, 11) is 1.63. The number of anilines is 1. The zero-order valence-corrected chi connectivity index (χ0v) is 13.7. The molecule has 0 aromatic heterocycles. The number of amides is 1. The predicted molar refractivity (Wildman–Crippen MR) is 84.2 cm³/mol. The minimum Gasteiger partial charge on any atom is -0.384 e. The van der Waals surface area contributed by atoms with Crippen LogP contribution in [0.15, 0.2) is 22.7 Å². The number of ether oxygens (including phenoxy) is 1. The highest BCUT2D eigenvalue weighted by Crippen LogP contribution is 2.33. The van der Waals surface area contributed by atoms with Gasteiger partial charge in [-0.1, -0.05) is 11.6 Å². The molecule has 1 aliphatic rings. The van der Waals surface area contributed by atoms with Crippen molar-refractivity contribution in [1.29, 1.82) is 0 Å². The lowest BCUT2D eigenvalue weighted by Gasteiger charge is -2.35. The summed E-state index contributed by atoms with van der Waals surface area (Å²) in [5.41, 5.74) is 0.271. The summed E-state index contributed by atoms with van der Waals surface area (Å²) in [6.07, 6.45) is 1.55. The molecule has 0 unspecified atom stereocenters. The van der Waals surface area contributed by atoms with Gasteiger partial charge in [0.1, 0.15) is 0 Å². The van der Waals surface area contributed by atoms with Crippen molar-refractivity contribution in [2.75, 3.05) is 32.1 Å². The van der Waals surface area contributed by atoms with Crippen LogP contribution in [0, 0.1) is 5.41 Å². The van der Waals surface area contributed by atoms with Gasteiger partial charge in [-0.05, 0) is 60.1 Å². The van der Waals surface area contributed by atoms with Gasteiger partial charge < -0.3 is 15.4 Å². The molecule has 1 aliphatic heterocycles. The molecule has 1 saturated heterocycles. The third kappa shape index (κ3) is 3.52. The van der Waals surface area contributed by atoms with Gasteiger partial charge in [0.15, 0.2) is 0 Å². The van der Waals surface area contributed by atoms with E-state index in [1.165, 1.54) is 0 Å². The zero-order chi connectivity index (χ0) is 14.6. The average molecular weight is 362 g/mol. The Balaban J connectivity index is 2.15. The van der Waals surface area contributed by atoms with Crippen LogP contribution in [0.5, 0.6) is 0 Å². The topological polar surface area (TPSA) is 50.4 Å². The fourth-order valence-electron chi connectivity index (χ4n) is 2.46. The smallest absolute Gasteiger partial charge is 0.233 e. The number of halogens is 2. The molecule has 0 saturated carbocycles. The average Bonchev–Trinajstić information content (AvgIpc) is 2.43. The SMILES string of the molecule is COCC1(C(=O)Nc2ccc(Cl)cc2Br)CCNCC1. The second kappa shape index (κ2) is 6.89. The van der Waals surface area contributed by atoms with E-state index in [9.17, 15) is 4.79 Å². The lowest BCUT2D eigenvalue weighted by atomic mass is 9.78. The highest BCUT2D eigenvalue weighted by molar-refractivity contribution is 9.10. The molecular formula is C14H18BrClN2O2. The van der Waals surface area contributed by atoms with Crippen molar-refractivity contribution in [3.63, 3.8) is 0 Å². The van der Waals surface area contributed by atoms with Crippen LogP contribution in [-0.2, 0) is 9.53 Å². The van der Waals surface area contributed by atoms with Gasteiger partial charge in [-0.3, -0.25) is 4.79 Å². The quantitative estimate of drug-likeness (QED) is 0.866. The number of methoxy groups -OCH3 is 1. The van der Waals surface area contributed by atoms with E-state index in [4.69, 9.17) is 16.3 Å². The molecule has 110 valence electrons. The lowest BCUT2D eigenvalue weighted by Crippen LogP contribution is -2.47. The number of carbonyl (C=O) groups excluding carboxylic acids is 1. The molecule has 0 aliphatic carbocycles. The van der Waals surface area contributed by atoms with Gasteiger partial charge >= 0.3 is 0 Å². The Kier molecular flexibility index (Phi) is 5.43. The van der Waals surface area contributed by atoms with Gasteiger partial charge in [-0.15, -0.1) is 0 Å². The molecular weight excluding hydrogens is 344 g/mol. The van der Waals surface area contributed by atoms with Crippen LogP contribution < -0.4 is 10.6 Å². The van der Waals surface area contributed by atoms with Gasteiger partial charge in [0.25, 0.3) is 0 Å². The van der Waals surface area contributed by atoms with E-state index in [-0.39, 0.29) is 5.91 Å². The van der Waals surface area contributed by atoms with Crippen molar-refractivity contribution in [1.82, 2.24) is 5.32 Å². The molecule has 1 amide bonds. The third-order valence-corrected chi connectivity index (χ3v) is 4.53. The fourth-order valence-corrected chi connectivity index (χ4v) is 3.25. The van der Waals surface area contributed by atoms with Crippen LogP contribution in [0.3, 0.4) is 0 Å². The molecule has 0 atom stereocenters. The Morgan fingerprint density at radius 2 is 2.20 bits per heavy atom. The molecule has 2 N–H and O–H groups in total. The third-order valence-electron chi connectivity index (χ3n) is 3.64. The van der Waals surface area contributed by atoms with E-state index < -0.39 is 5.41 Å². The molecule has 1 heterocycles. The minimum atomic E-state index is -0.459. The summed E-state index contributed by atoms with van der Waals surface area (Å²) in [5, 5.41) is 6.88. The van der Waals surface area contributed by atoms with Crippen LogP contribution in [0.2, 0.25) is 5.02 Å². The number of rotatable bonds is 4. The molecule has 1 fully saturated rings. The van der Waals surface area contributed by atoms with E-state index in [0.717, 1.165) is 36.1 Å². The summed E-state index contributed by atoms with van der Waals surface area (Å²) in [5.74, 6) is 0.00359. The summed E-state index contributed by atoms with van der Waals surface area (Å²) >= 11 is 9.32. The molecule has 1 aromatic rings.